The lowest BCUT2D eigenvalue weighted by Crippen LogP contribution is -2.41. The predicted octanol–water partition coefficient (Wildman–Crippen LogP) is 3.15. The lowest BCUT2D eigenvalue weighted by atomic mass is 9.94. The molecule has 92 valence electrons. The minimum absolute atomic E-state index is 0.0750. The molecular formula is C15H22N2. The van der Waals surface area contributed by atoms with Crippen molar-refractivity contribution < 1.29 is 0 Å². The molecule has 0 aliphatic heterocycles. The topological polar surface area (TPSA) is 35.8 Å². The van der Waals surface area contributed by atoms with E-state index in [0.717, 1.165) is 19.4 Å². The molecule has 17 heavy (non-hydrogen) atoms. The SMILES string of the molecule is CC(C#N)CNC(C)(C)CCc1ccccc1. The molecule has 0 radical (unpaired) electrons. The molecule has 2 nitrogen and oxygen atoms in total. The highest BCUT2D eigenvalue weighted by atomic mass is 15.0. The third-order valence-electron chi connectivity index (χ3n) is 2.99. The van der Waals surface area contributed by atoms with Crippen LogP contribution >= 0.6 is 0 Å². The Labute approximate surface area is 105 Å². The number of hydrogen-bond donors (Lipinski definition) is 1. The van der Waals surface area contributed by atoms with Gasteiger partial charge in [-0.15, -0.1) is 0 Å². The molecule has 0 spiro atoms. The van der Waals surface area contributed by atoms with E-state index in [1.54, 1.807) is 0 Å². The predicted molar refractivity (Wildman–Crippen MR) is 71.6 cm³/mol. The molecule has 0 aromatic heterocycles. The first-order valence-corrected chi connectivity index (χ1v) is 6.22. The normalized spacial score (nSPS) is 13.1. The maximum absolute atomic E-state index is 8.75. The molecular weight excluding hydrogens is 208 g/mol. The molecule has 0 fully saturated rings. The van der Waals surface area contributed by atoms with Crippen LogP contribution in [0.15, 0.2) is 30.3 Å². The maximum Gasteiger partial charge on any atom is 0.0666 e. The Hall–Kier alpha value is -1.33. The zero-order chi connectivity index (χ0) is 12.7. The molecule has 0 heterocycles. The molecule has 0 amide bonds. The summed E-state index contributed by atoms with van der Waals surface area (Å²) in [5, 5.41) is 12.2. The molecule has 1 aromatic carbocycles. The van der Waals surface area contributed by atoms with Crippen molar-refractivity contribution in [3.63, 3.8) is 0 Å². The number of aryl methyl sites for hydroxylation is 1. The van der Waals surface area contributed by atoms with Crippen LogP contribution in [0.4, 0.5) is 0 Å². The fourth-order valence-corrected chi connectivity index (χ4v) is 1.66. The summed E-state index contributed by atoms with van der Waals surface area (Å²) >= 11 is 0. The van der Waals surface area contributed by atoms with Crippen molar-refractivity contribution in [1.82, 2.24) is 5.32 Å². The molecule has 1 rings (SSSR count). The van der Waals surface area contributed by atoms with Crippen molar-refractivity contribution in [2.45, 2.75) is 39.2 Å². The van der Waals surface area contributed by atoms with Crippen LogP contribution in [0.5, 0.6) is 0 Å². The monoisotopic (exact) mass is 230 g/mol. The van der Waals surface area contributed by atoms with E-state index in [-0.39, 0.29) is 11.5 Å². The summed E-state index contributed by atoms with van der Waals surface area (Å²) in [6.45, 7) is 7.10. The van der Waals surface area contributed by atoms with Gasteiger partial charge in [0.1, 0.15) is 0 Å². The van der Waals surface area contributed by atoms with E-state index in [0.29, 0.717) is 0 Å². The van der Waals surface area contributed by atoms with Crippen molar-refractivity contribution in [3.05, 3.63) is 35.9 Å². The van der Waals surface area contributed by atoms with Gasteiger partial charge in [0.25, 0.3) is 0 Å². The Morgan fingerprint density at radius 1 is 1.29 bits per heavy atom. The summed E-state index contributed by atoms with van der Waals surface area (Å²) in [5.41, 5.74) is 1.46. The van der Waals surface area contributed by atoms with Crippen LogP contribution in [-0.4, -0.2) is 12.1 Å². The van der Waals surface area contributed by atoms with Gasteiger partial charge in [0.2, 0.25) is 0 Å². The number of nitrogens with one attached hydrogen (secondary N) is 1. The quantitative estimate of drug-likeness (QED) is 0.815. The zero-order valence-electron chi connectivity index (χ0n) is 11.0. The molecule has 0 bridgehead atoms. The van der Waals surface area contributed by atoms with E-state index in [1.807, 2.05) is 13.0 Å². The summed E-state index contributed by atoms with van der Waals surface area (Å²) in [6.07, 6.45) is 2.15. The average Bonchev–Trinajstić information content (AvgIpc) is 2.35. The fourth-order valence-electron chi connectivity index (χ4n) is 1.66. The second-order valence-electron chi connectivity index (χ2n) is 5.28. The molecule has 0 saturated carbocycles. The highest BCUT2D eigenvalue weighted by Crippen LogP contribution is 2.13. The van der Waals surface area contributed by atoms with Crippen LogP contribution in [0.3, 0.4) is 0 Å². The largest absolute Gasteiger partial charge is 0.310 e. The number of hydrogen-bond acceptors (Lipinski definition) is 2. The van der Waals surface area contributed by atoms with E-state index >= 15 is 0 Å². The van der Waals surface area contributed by atoms with Crippen molar-refractivity contribution >= 4 is 0 Å². The highest BCUT2D eigenvalue weighted by molar-refractivity contribution is 5.15. The van der Waals surface area contributed by atoms with Crippen LogP contribution in [0.1, 0.15) is 32.8 Å². The minimum Gasteiger partial charge on any atom is -0.310 e. The molecule has 1 N–H and O–H groups in total. The third kappa shape index (κ3) is 5.51. The first kappa shape index (κ1) is 13.7. The van der Waals surface area contributed by atoms with Gasteiger partial charge in [-0.05, 0) is 39.2 Å². The summed E-state index contributed by atoms with van der Waals surface area (Å²) < 4.78 is 0. The summed E-state index contributed by atoms with van der Waals surface area (Å²) in [7, 11) is 0. The Morgan fingerprint density at radius 2 is 1.94 bits per heavy atom. The highest BCUT2D eigenvalue weighted by Gasteiger charge is 2.17. The van der Waals surface area contributed by atoms with Gasteiger partial charge in [-0.2, -0.15) is 5.26 Å². The molecule has 1 atom stereocenters. The summed E-state index contributed by atoms with van der Waals surface area (Å²) in [6, 6.07) is 12.8. The number of nitriles is 1. The van der Waals surface area contributed by atoms with Gasteiger partial charge < -0.3 is 5.32 Å². The number of benzene rings is 1. The number of nitrogens with zero attached hydrogens (tertiary/aromatic N) is 1. The number of rotatable bonds is 6. The third-order valence-corrected chi connectivity index (χ3v) is 2.99. The van der Waals surface area contributed by atoms with E-state index < -0.39 is 0 Å². The summed E-state index contributed by atoms with van der Waals surface area (Å²) in [4.78, 5) is 0. The molecule has 1 unspecified atom stereocenters. The Bertz CT molecular complexity index is 362. The van der Waals surface area contributed by atoms with Crippen LogP contribution in [0, 0.1) is 17.2 Å². The second-order valence-corrected chi connectivity index (χ2v) is 5.28. The van der Waals surface area contributed by atoms with Crippen molar-refractivity contribution in [1.29, 1.82) is 5.26 Å². The first-order valence-electron chi connectivity index (χ1n) is 6.22. The minimum atomic E-state index is 0.0750. The van der Waals surface area contributed by atoms with Gasteiger partial charge >= 0.3 is 0 Å². The van der Waals surface area contributed by atoms with Gasteiger partial charge in [-0.25, -0.2) is 0 Å². The Morgan fingerprint density at radius 3 is 2.53 bits per heavy atom. The standard InChI is InChI=1S/C15H22N2/c1-13(11-16)12-17-15(2,3)10-9-14-7-5-4-6-8-14/h4-8,13,17H,9-10,12H2,1-3H3. The maximum atomic E-state index is 8.75. The molecule has 0 aliphatic rings. The molecule has 1 aromatic rings. The van der Waals surface area contributed by atoms with Gasteiger partial charge in [0.05, 0.1) is 12.0 Å². The molecule has 0 aliphatic carbocycles. The second kappa shape index (κ2) is 6.42. The first-order chi connectivity index (χ1) is 8.03. The smallest absolute Gasteiger partial charge is 0.0666 e. The zero-order valence-corrected chi connectivity index (χ0v) is 11.0. The van der Waals surface area contributed by atoms with Crippen molar-refractivity contribution in [3.8, 4) is 6.07 Å². The van der Waals surface area contributed by atoms with Crippen LogP contribution in [-0.2, 0) is 6.42 Å². The lowest BCUT2D eigenvalue weighted by molar-refractivity contribution is 0.351. The van der Waals surface area contributed by atoms with Gasteiger partial charge in [0.15, 0.2) is 0 Å². The Kier molecular flexibility index (Phi) is 5.18. The van der Waals surface area contributed by atoms with Crippen molar-refractivity contribution in [2.24, 2.45) is 5.92 Å². The Balaban J connectivity index is 2.37. The van der Waals surface area contributed by atoms with Gasteiger partial charge in [-0.3, -0.25) is 0 Å². The van der Waals surface area contributed by atoms with Crippen LogP contribution in [0.25, 0.3) is 0 Å². The lowest BCUT2D eigenvalue weighted by Gasteiger charge is -2.27. The van der Waals surface area contributed by atoms with Gasteiger partial charge in [-0.1, -0.05) is 30.3 Å². The van der Waals surface area contributed by atoms with E-state index in [4.69, 9.17) is 5.26 Å². The van der Waals surface area contributed by atoms with E-state index in [9.17, 15) is 0 Å². The van der Waals surface area contributed by atoms with Crippen molar-refractivity contribution in [2.75, 3.05) is 6.54 Å². The van der Waals surface area contributed by atoms with Crippen LogP contribution < -0.4 is 5.32 Å². The fraction of sp³-hybridized carbons (Fsp3) is 0.533. The van der Waals surface area contributed by atoms with Crippen LogP contribution in [0.2, 0.25) is 0 Å². The van der Waals surface area contributed by atoms with E-state index in [1.165, 1.54) is 5.56 Å². The van der Waals surface area contributed by atoms with Gasteiger partial charge in [0, 0.05) is 12.1 Å². The average molecular weight is 230 g/mol. The molecule has 2 heteroatoms. The van der Waals surface area contributed by atoms with E-state index in [2.05, 4.69) is 49.5 Å². The summed E-state index contributed by atoms with van der Waals surface area (Å²) in [5.74, 6) is 0.0750. The molecule has 0 saturated heterocycles.